The summed E-state index contributed by atoms with van der Waals surface area (Å²) in [5.41, 5.74) is -0.0567. The first-order valence-corrected chi connectivity index (χ1v) is 9.65. The topological polar surface area (TPSA) is 37.1 Å². The minimum absolute atomic E-state index is 0.0139. The summed E-state index contributed by atoms with van der Waals surface area (Å²) in [4.78, 5) is 9.25. The number of aliphatic imine (C=N–C) groups is 1. The molecule has 0 amide bonds. The second-order valence-electron chi connectivity index (χ2n) is 9.60. The van der Waals surface area contributed by atoms with E-state index < -0.39 is 0 Å². The van der Waals surface area contributed by atoms with Crippen LogP contribution in [0.15, 0.2) is 4.99 Å². The molecule has 0 radical (unpaired) electrons. The molecule has 1 N–H and O–H groups in total. The van der Waals surface area contributed by atoms with E-state index >= 15 is 0 Å². The van der Waals surface area contributed by atoms with Crippen LogP contribution in [-0.2, 0) is 0 Å². The zero-order chi connectivity index (χ0) is 20.7. The molecule has 0 heterocycles. The third-order valence-electron chi connectivity index (χ3n) is 3.77. The van der Waals surface area contributed by atoms with E-state index in [0.717, 1.165) is 37.9 Å². The molecule has 0 aliphatic heterocycles. The second-order valence-corrected chi connectivity index (χ2v) is 9.60. The van der Waals surface area contributed by atoms with Crippen molar-refractivity contribution >= 4 is 11.7 Å². The highest BCUT2D eigenvalue weighted by molar-refractivity contribution is 5.81. The van der Waals surface area contributed by atoms with Gasteiger partial charge in [0.15, 0.2) is 0 Å². The quantitative estimate of drug-likeness (QED) is 0.323. The Morgan fingerprint density at radius 2 is 1.38 bits per heavy atom. The van der Waals surface area contributed by atoms with Gasteiger partial charge in [-0.3, -0.25) is 10.3 Å². The van der Waals surface area contributed by atoms with Crippen molar-refractivity contribution in [3.05, 3.63) is 0 Å². The average molecular weight is 370 g/mol. The molecule has 0 saturated heterocycles. The van der Waals surface area contributed by atoms with Gasteiger partial charge in [-0.05, 0) is 76.7 Å². The van der Waals surface area contributed by atoms with Gasteiger partial charge in [-0.15, -0.1) is 0 Å². The molecule has 6 nitrogen and oxygen atoms in total. The molecule has 6 heteroatoms. The zero-order valence-corrected chi connectivity index (χ0v) is 19.6. The van der Waals surface area contributed by atoms with Gasteiger partial charge in [-0.1, -0.05) is 0 Å². The fourth-order valence-electron chi connectivity index (χ4n) is 2.82. The van der Waals surface area contributed by atoms with Gasteiger partial charge in [0.1, 0.15) is 12.4 Å². The number of amidine groups is 2. The maximum absolute atomic E-state index is 4.86. The molecule has 0 rings (SSSR count). The van der Waals surface area contributed by atoms with Gasteiger partial charge in [0, 0.05) is 20.0 Å². The van der Waals surface area contributed by atoms with E-state index in [-0.39, 0.29) is 11.1 Å². The molecular formula is C20H45N6+. The summed E-state index contributed by atoms with van der Waals surface area (Å²) in [5, 5.41) is 5.98. The van der Waals surface area contributed by atoms with Crippen molar-refractivity contribution in [3.8, 4) is 0 Å². The highest BCUT2D eigenvalue weighted by atomic mass is 15.6. The number of likely N-dealkylation sites (N-methyl/N-ethyl adjacent to an activating group) is 2. The summed E-state index contributed by atoms with van der Waals surface area (Å²) in [6, 6.07) is 0. The Labute approximate surface area is 162 Å². The number of hydrogen-bond acceptors (Lipinski definition) is 3. The summed E-state index contributed by atoms with van der Waals surface area (Å²) in [6.45, 7) is 21.2. The smallest absolute Gasteiger partial charge is 0.265 e. The predicted molar refractivity (Wildman–Crippen MR) is 115 cm³/mol. The standard InChI is InChI=1S/C20H44N6/c1-17(21-13-14-23(9)10)26(20(6,7)8)25(16-15-24(11)12)18(2)22-19(3,4)5/h13-16H2,1-12H3/p+1. The lowest BCUT2D eigenvalue weighted by atomic mass is 10.1. The maximum Gasteiger partial charge on any atom is 0.265 e. The molecular weight excluding hydrogens is 324 g/mol. The number of nitrogens with zero attached hydrogens (tertiary/aromatic N) is 5. The number of hydrogen-bond donors (Lipinski definition) is 1. The van der Waals surface area contributed by atoms with Gasteiger partial charge in [0.25, 0.3) is 5.84 Å². The first kappa shape index (κ1) is 24.9. The fourth-order valence-corrected chi connectivity index (χ4v) is 2.82. The van der Waals surface area contributed by atoms with Gasteiger partial charge in [-0.2, -0.15) is 9.69 Å². The Balaban J connectivity index is 5.91. The van der Waals surface area contributed by atoms with Crippen molar-refractivity contribution in [2.45, 2.75) is 66.5 Å². The normalized spacial score (nSPS) is 14.8. The number of nitrogens with one attached hydrogen (secondary N) is 1. The van der Waals surface area contributed by atoms with Gasteiger partial charge >= 0.3 is 0 Å². The summed E-state index contributed by atoms with van der Waals surface area (Å²) >= 11 is 0. The molecule has 0 bridgehead atoms. The highest BCUT2D eigenvalue weighted by Gasteiger charge is 2.32. The fraction of sp³-hybridized carbons (Fsp3) is 0.900. The van der Waals surface area contributed by atoms with Crippen LogP contribution < -0.4 is 5.32 Å². The van der Waals surface area contributed by atoms with Crippen LogP contribution in [0.4, 0.5) is 0 Å². The molecule has 26 heavy (non-hydrogen) atoms. The van der Waals surface area contributed by atoms with Crippen LogP contribution in [0.1, 0.15) is 55.4 Å². The van der Waals surface area contributed by atoms with E-state index in [0.29, 0.717) is 0 Å². The van der Waals surface area contributed by atoms with Crippen molar-refractivity contribution in [2.75, 3.05) is 54.4 Å². The molecule has 0 aromatic rings. The van der Waals surface area contributed by atoms with Crippen molar-refractivity contribution in [3.63, 3.8) is 0 Å². The minimum atomic E-state index is -0.0706. The monoisotopic (exact) mass is 369 g/mol. The molecule has 0 aliphatic carbocycles. The predicted octanol–water partition coefficient (Wildman–Crippen LogP) is 2.36. The van der Waals surface area contributed by atoms with Gasteiger partial charge in [0.05, 0.1) is 17.6 Å². The lowest BCUT2D eigenvalue weighted by Crippen LogP contribution is -2.57. The first-order chi connectivity index (χ1) is 11.6. The number of hydrazine groups is 1. The van der Waals surface area contributed by atoms with Gasteiger partial charge in [0.2, 0.25) is 0 Å². The molecule has 0 unspecified atom stereocenters. The van der Waals surface area contributed by atoms with Crippen LogP contribution in [-0.4, -0.2) is 96.6 Å². The first-order valence-electron chi connectivity index (χ1n) is 9.65. The highest BCUT2D eigenvalue weighted by Crippen LogP contribution is 2.16. The van der Waals surface area contributed by atoms with Crippen molar-refractivity contribution in [1.29, 1.82) is 0 Å². The van der Waals surface area contributed by atoms with E-state index in [9.17, 15) is 0 Å². The zero-order valence-electron chi connectivity index (χ0n) is 19.6. The minimum Gasteiger partial charge on any atom is -0.308 e. The van der Waals surface area contributed by atoms with Crippen LogP contribution in [0.2, 0.25) is 0 Å². The van der Waals surface area contributed by atoms with Gasteiger partial charge in [-0.25, -0.2) is 0 Å². The number of rotatable bonds is 7. The van der Waals surface area contributed by atoms with Crippen molar-refractivity contribution in [2.24, 2.45) is 4.99 Å². The molecule has 0 aromatic carbocycles. The Kier molecular flexibility index (Phi) is 9.81. The summed E-state index contributed by atoms with van der Waals surface area (Å²) in [7, 11) is 8.40. The Morgan fingerprint density at radius 3 is 1.77 bits per heavy atom. The molecule has 0 saturated carbocycles. The molecule has 0 fully saturated rings. The van der Waals surface area contributed by atoms with Crippen LogP contribution >= 0.6 is 0 Å². The third-order valence-corrected chi connectivity index (χ3v) is 3.77. The molecule has 154 valence electrons. The second kappa shape index (κ2) is 10.3. The van der Waals surface area contributed by atoms with E-state index in [1.54, 1.807) is 0 Å². The third kappa shape index (κ3) is 10.1. The molecule has 0 aliphatic rings. The average Bonchev–Trinajstić information content (AvgIpc) is 2.38. The van der Waals surface area contributed by atoms with E-state index in [1.807, 2.05) is 0 Å². The van der Waals surface area contributed by atoms with Crippen LogP contribution in [0, 0.1) is 0 Å². The lowest BCUT2D eigenvalue weighted by molar-refractivity contribution is -0.682. The van der Waals surface area contributed by atoms with Crippen LogP contribution in [0.5, 0.6) is 0 Å². The van der Waals surface area contributed by atoms with E-state index in [2.05, 4.69) is 108 Å². The molecule has 0 aromatic heterocycles. The van der Waals surface area contributed by atoms with Crippen molar-refractivity contribution < 1.29 is 4.68 Å². The number of hydrazone groups is 1. The van der Waals surface area contributed by atoms with Crippen LogP contribution in [0.25, 0.3) is 0 Å². The Morgan fingerprint density at radius 1 is 0.885 bits per heavy atom. The summed E-state index contributed by atoms with van der Waals surface area (Å²) in [5.74, 6) is 2.20. The summed E-state index contributed by atoms with van der Waals surface area (Å²) in [6.07, 6.45) is 0. The Hall–Kier alpha value is -1.14. The van der Waals surface area contributed by atoms with Gasteiger partial charge < -0.3 is 9.80 Å². The van der Waals surface area contributed by atoms with E-state index in [4.69, 9.17) is 4.99 Å². The lowest BCUT2D eigenvalue weighted by Gasteiger charge is -2.37. The molecule has 0 spiro atoms. The SMILES string of the molecule is CC(=NCCN(C)C)N(/[N+](CCN(C)C)=C(/C)NC(C)(C)C)C(C)(C)C. The Bertz CT molecular complexity index is 478. The summed E-state index contributed by atoms with van der Waals surface area (Å²) < 4.78 is 2.35. The van der Waals surface area contributed by atoms with Crippen molar-refractivity contribution in [1.82, 2.24) is 20.1 Å². The largest absolute Gasteiger partial charge is 0.308 e. The molecule has 0 atom stereocenters. The maximum atomic E-state index is 4.86. The van der Waals surface area contributed by atoms with E-state index in [1.165, 1.54) is 0 Å². The van der Waals surface area contributed by atoms with Crippen LogP contribution in [0.3, 0.4) is 0 Å².